The van der Waals surface area contributed by atoms with Gasteiger partial charge in [0.1, 0.15) is 0 Å². The highest BCUT2D eigenvalue weighted by Crippen LogP contribution is 2.44. The second-order valence-corrected chi connectivity index (χ2v) is 18.6. The van der Waals surface area contributed by atoms with E-state index in [9.17, 15) is 0 Å². The lowest BCUT2D eigenvalue weighted by Crippen LogP contribution is -2.10. The number of hydrogen-bond donors (Lipinski definition) is 0. The van der Waals surface area contributed by atoms with Crippen LogP contribution < -0.4 is 9.80 Å². The van der Waals surface area contributed by atoms with Gasteiger partial charge < -0.3 is 14.4 Å². The summed E-state index contributed by atoms with van der Waals surface area (Å²) in [5.74, 6) is 0. The number of anilines is 6. The normalized spacial score (nSPS) is 11.3. The van der Waals surface area contributed by atoms with E-state index in [-0.39, 0.29) is 0 Å². The van der Waals surface area contributed by atoms with Gasteiger partial charge in [-0.25, -0.2) is 0 Å². The van der Waals surface area contributed by atoms with Gasteiger partial charge in [0.05, 0.1) is 11.0 Å². The van der Waals surface area contributed by atoms with Crippen molar-refractivity contribution >= 4 is 66.7 Å². The Labute approximate surface area is 426 Å². The number of hydrogen-bond acceptors (Lipinski definition) is 2. The monoisotopic (exact) mass is 931 g/mol. The Hall–Kier alpha value is -9.70. The average molecular weight is 932 g/mol. The molecule has 0 aliphatic rings. The summed E-state index contributed by atoms with van der Waals surface area (Å²) in [7, 11) is 0. The lowest BCUT2D eigenvalue weighted by molar-refractivity contribution is 1.18. The van der Waals surface area contributed by atoms with Crippen LogP contribution in [-0.2, 0) is 0 Å². The van der Waals surface area contributed by atoms with Crippen molar-refractivity contribution in [3.8, 4) is 50.2 Å². The first-order valence-corrected chi connectivity index (χ1v) is 25.0. The van der Waals surface area contributed by atoms with Crippen LogP contribution >= 0.6 is 0 Å². The Balaban J connectivity index is 1.00. The maximum absolute atomic E-state index is 2.44. The molecule has 0 N–H and O–H groups in total. The van der Waals surface area contributed by atoms with Crippen LogP contribution in [0.15, 0.2) is 297 Å². The predicted octanol–water partition coefficient (Wildman–Crippen LogP) is 19.5. The zero-order valence-electron chi connectivity index (χ0n) is 40.1. The van der Waals surface area contributed by atoms with Crippen molar-refractivity contribution in [3.63, 3.8) is 0 Å². The van der Waals surface area contributed by atoms with E-state index < -0.39 is 0 Å². The van der Waals surface area contributed by atoms with E-state index in [4.69, 9.17) is 0 Å². The quantitative estimate of drug-likeness (QED) is 0.128. The van der Waals surface area contributed by atoms with Crippen molar-refractivity contribution in [2.75, 3.05) is 9.80 Å². The highest BCUT2D eigenvalue weighted by molar-refractivity contribution is 6.12. The van der Waals surface area contributed by atoms with Crippen LogP contribution in [0.4, 0.5) is 34.1 Å². The second kappa shape index (κ2) is 18.9. The molecule has 3 nitrogen and oxygen atoms in total. The van der Waals surface area contributed by atoms with Crippen molar-refractivity contribution in [2.24, 2.45) is 0 Å². The smallest absolute Gasteiger partial charge is 0.0542 e. The van der Waals surface area contributed by atoms with Crippen molar-refractivity contribution in [1.29, 1.82) is 0 Å². The van der Waals surface area contributed by atoms with Gasteiger partial charge in [-0.2, -0.15) is 0 Å². The van der Waals surface area contributed by atoms with Gasteiger partial charge in [-0.15, -0.1) is 0 Å². The van der Waals surface area contributed by atoms with Crippen LogP contribution in [-0.4, -0.2) is 4.57 Å². The number of nitrogens with zero attached hydrogens (tertiary/aromatic N) is 3. The molecule has 0 aliphatic carbocycles. The minimum Gasteiger partial charge on any atom is -0.310 e. The average Bonchev–Trinajstić information content (AvgIpc) is 3.80. The first-order valence-electron chi connectivity index (χ1n) is 25.0. The van der Waals surface area contributed by atoms with Gasteiger partial charge in [-0.05, 0) is 152 Å². The van der Waals surface area contributed by atoms with Crippen molar-refractivity contribution < 1.29 is 0 Å². The van der Waals surface area contributed by atoms with Crippen LogP contribution in [0.5, 0.6) is 0 Å². The molecule has 0 saturated heterocycles. The third kappa shape index (κ3) is 8.39. The first kappa shape index (κ1) is 43.3. The summed E-state index contributed by atoms with van der Waals surface area (Å²) in [4.78, 5) is 4.78. The van der Waals surface area contributed by atoms with Crippen molar-refractivity contribution in [3.05, 3.63) is 297 Å². The molecular formula is C70H49N3. The largest absolute Gasteiger partial charge is 0.310 e. The lowest BCUT2D eigenvalue weighted by Gasteiger charge is -2.26. The van der Waals surface area contributed by atoms with E-state index in [0.717, 1.165) is 61.6 Å². The summed E-state index contributed by atoms with van der Waals surface area (Å²) in [6.45, 7) is 0. The Kier molecular flexibility index (Phi) is 11.2. The van der Waals surface area contributed by atoms with Gasteiger partial charge in [0.25, 0.3) is 0 Å². The van der Waals surface area contributed by atoms with E-state index >= 15 is 0 Å². The van der Waals surface area contributed by atoms with Crippen molar-refractivity contribution in [1.82, 2.24) is 4.57 Å². The molecule has 0 fully saturated rings. The fourth-order valence-corrected chi connectivity index (χ4v) is 10.5. The minimum absolute atomic E-state index is 1.07. The molecule has 1 heterocycles. The van der Waals surface area contributed by atoms with Crippen LogP contribution in [0.25, 0.3) is 82.8 Å². The maximum atomic E-state index is 2.44. The molecular weight excluding hydrogens is 883 g/mol. The standard InChI is InChI=1S/C70H49N3/c1-5-15-50(16-6-1)55-25-34-60(35-26-55)71(61-36-27-56(28-37-61)51-17-7-2-8-18-51)65-43-45-69-67(48-65)68-49-66(44-46-70(68)73(69)64-42-33-54-23-13-14-24-59(54)47-64)72(62-38-29-57(30-39-62)52-19-9-3-10-20-52)63-40-31-58(32-41-63)53-21-11-4-12-22-53/h1-49H. The fourth-order valence-electron chi connectivity index (χ4n) is 10.5. The molecule has 13 aromatic rings. The molecule has 0 saturated carbocycles. The summed E-state index contributed by atoms with van der Waals surface area (Å²) < 4.78 is 2.44. The zero-order chi connectivity index (χ0) is 48.5. The molecule has 0 bridgehead atoms. The van der Waals surface area contributed by atoms with Gasteiger partial charge in [-0.3, -0.25) is 0 Å². The minimum atomic E-state index is 1.07. The van der Waals surface area contributed by atoms with Crippen LogP contribution in [0.1, 0.15) is 0 Å². The van der Waals surface area contributed by atoms with Crippen LogP contribution in [0.2, 0.25) is 0 Å². The topological polar surface area (TPSA) is 11.4 Å². The fraction of sp³-hybridized carbons (Fsp3) is 0. The molecule has 0 unspecified atom stereocenters. The Morgan fingerprint density at radius 1 is 0.205 bits per heavy atom. The maximum Gasteiger partial charge on any atom is 0.0542 e. The predicted molar refractivity (Wildman–Crippen MR) is 309 cm³/mol. The number of rotatable bonds is 11. The molecule has 0 amide bonds. The molecule has 344 valence electrons. The molecule has 0 atom stereocenters. The van der Waals surface area contributed by atoms with E-state index in [0.29, 0.717) is 0 Å². The van der Waals surface area contributed by atoms with Gasteiger partial charge >= 0.3 is 0 Å². The molecule has 3 heteroatoms. The van der Waals surface area contributed by atoms with Crippen molar-refractivity contribution in [2.45, 2.75) is 0 Å². The van der Waals surface area contributed by atoms with E-state index in [1.54, 1.807) is 0 Å². The Morgan fingerprint density at radius 2 is 0.493 bits per heavy atom. The Morgan fingerprint density at radius 3 is 0.836 bits per heavy atom. The number of benzene rings is 12. The highest BCUT2D eigenvalue weighted by Gasteiger charge is 2.21. The summed E-state index contributed by atoms with van der Waals surface area (Å²) in [6.07, 6.45) is 0. The summed E-state index contributed by atoms with van der Waals surface area (Å²) in [6, 6.07) is 108. The third-order valence-electron chi connectivity index (χ3n) is 14.2. The third-order valence-corrected chi connectivity index (χ3v) is 14.2. The van der Waals surface area contributed by atoms with E-state index in [2.05, 4.69) is 312 Å². The summed E-state index contributed by atoms with van der Waals surface area (Å²) in [5, 5.41) is 4.74. The molecule has 1 aromatic heterocycles. The Bertz CT molecular complexity index is 3620. The van der Waals surface area contributed by atoms with Gasteiger partial charge in [-0.1, -0.05) is 200 Å². The number of fused-ring (bicyclic) bond motifs is 4. The number of aromatic nitrogens is 1. The van der Waals surface area contributed by atoms with E-state index in [1.807, 2.05) is 0 Å². The molecule has 12 aromatic carbocycles. The van der Waals surface area contributed by atoms with Crippen LogP contribution in [0, 0.1) is 0 Å². The summed E-state index contributed by atoms with van der Waals surface area (Å²) >= 11 is 0. The summed E-state index contributed by atoms with van der Waals surface area (Å²) in [5.41, 5.74) is 19.3. The SMILES string of the molecule is c1ccc(-c2ccc(N(c3ccc(-c4ccccc4)cc3)c3ccc4c(c3)c3cc(N(c5ccc(-c6ccccc6)cc5)c5ccc(-c6ccccc6)cc5)ccc3n4-c3ccc4ccccc4c3)cc2)cc1. The second-order valence-electron chi connectivity index (χ2n) is 18.6. The molecule has 0 spiro atoms. The van der Waals surface area contributed by atoms with Gasteiger partial charge in [0, 0.05) is 50.6 Å². The molecule has 0 radical (unpaired) electrons. The van der Waals surface area contributed by atoms with Gasteiger partial charge in [0.2, 0.25) is 0 Å². The molecule has 0 aliphatic heterocycles. The first-order chi connectivity index (χ1) is 36.2. The highest BCUT2D eigenvalue weighted by atomic mass is 15.1. The molecule has 13 rings (SSSR count). The van der Waals surface area contributed by atoms with E-state index in [1.165, 1.54) is 55.3 Å². The molecule has 73 heavy (non-hydrogen) atoms. The van der Waals surface area contributed by atoms with Gasteiger partial charge in [0.15, 0.2) is 0 Å². The lowest BCUT2D eigenvalue weighted by atomic mass is 10.0. The zero-order valence-corrected chi connectivity index (χ0v) is 40.1. The van der Waals surface area contributed by atoms with Crippen LogP contribution in [0.3, 0.4) is 0 Å².